The second-order valence-electron chi connectivity index (χ2n) is 2.65. The van der Waals surface area contributed by atoms with Crippen molar-refractivity contribution < 1.29 is 10.2 Å². The minimum absolute atomic E-state index is 0.124. The Morgan fingerprint density at radius 3 is 2.18 bits per heavy atom. The summed E-state index contributed by atoms with van der Waals surface area (Å²) in [5.74, 6) is 0. The standard InChI is InChI=1S/C8H19NO2/c1-3-9(4-2)6-5-8(11)7-10/h8,10-11H,3-7H2,1-2H3. The number of hydrogen-bond donors (Lipinski definition) is 2. The van der Waals surface area contributed by atoms with Crippen LogP contribution >= 0.6 is 0 Å². The van der Waals surface area contributed by atoms with Gasteiger partial charge in [0.2, 0.25) is 0 Å². The predicted molar refractivity (Wildman–Crippen MR) is 45.5 cm³/mol. The van der Waals surface area contributed by atoms with E-state index in [4.69, 9.17) is 10.2 Å². The summed E-state index contributed by atoms with van der Waals surface area (Å²) < 4.78 is 0. The Bertz CT molecular complexity index is 84.2. The Balaban J connectivity index is 3.34. The third kappa shape index (κ3) is 5.18. The van der Waals surface area contributed by atoms with Gasteiger partial charge in [0.1, 0.15) is 0 Å². The molecule has 0 radical (unpaired) electrons. The van der Waals surface area contributed by atoms with Gasteiger partial charge in [-0.25, -0.2) is 0 Å². The van der Waals surface area contributed by atoms with E-state index in [0.29, 0.717) is 6.42 Å². The zero-order valence-corrected chi connectivity index (χ0v) is 7.45. The summed E-state index contributed by atoms with van der Waals surface area (Å²) in [5, 5.41) is 17.5. The highest BCUT2D eigenvalue weighted by Crippen LogP contribution is 1.94. The van der Waals surface area contributed by atoms with Crippen molar-refractivity contribution in [3.8, 4) is 0 Å². The molecule has 0 spiro atoms. The Morgan fingerprint density at radius 1 is 1.27 bits per heavy atom. The minimum atomic E-state index is -0.546. The first kappa shape index (κ1) is 10.9. The number of aliphatic hydroxyl groups is 2. The maximum absolute atomic E-state index is 9.02. The molecule has 0 saturated carbocycles. The van der Waals surface area contributed by atoms with Crippen molar-refractivity contribution in [2.75, 3.05) is 26.2 Å². The monoisotopic (exact) mass is 161 g/mol. The molecular weight excluding hydrogens is 142 g/mol. The molecule has 3 nitrogen and oxygen atoms in total. The topological polar surface area (TPSA) is 43.7 Å². The number of nitrogens with zero attached hydrogens (tertiary/aromatic N) is 1. The van der Waals surface area contributed by atoms with Gasteiger partial charge in [0, 0.05) is 6.54 Å². The van der Waals surface area contributed by atoms with Crippen LogP contribution in [0.1, 0.15) is 20.3 Å². The van der Waals surface area contributed by atoms with Crippen LogP contribution < -0.4 is 0 Å². The molecule has 0 fully saturated rings. The highest BCUT2D eigenvalue weighted by molar-refractivity contribution is 4.58. The number of rotatable bonds is 6. The Morgan fingerprint density at radius 2 is 1.82 bits per heavy atom. The van der Waals surface area contributed by atoms with Crippen LogP contribution in [-0.4, -0.2) is 47.5 Å². The zero-order chi connectivity index (χ0) is 8.69. The maximum atomic E-state index is 9.02. The van der Waals surface area contributed by atoms with E-state index in [9.17, 15) is 0 Å². The van der Waals surface area contributed by atoms with Crippen molar-refractivity contribution >= 4 is 0 Å². The summed E-state index contributed by atoms with van der Waals surface area (Å²) in [6.45, 7) is 6.95. The second kappa shape index (κ2) is 6.58. The van der Waals surface area contributed by atoms with Crippen molar-refractivity contribution in [3.05, 3.63) is 0 Å². The van der Waals surface area contributed by atoms with E-state index in [0.717, 1.165) is 19.6 Å². The highest BCUT2D eigenvalue weighted by atomic mass is 16.3. The SMILES string of the molecule is CCN(CC)CCC(O)CO. The van der Waals surface area contributed by atoms with Gasteiger partial charge in [-0.3, -0.25) is 0 Å². The fourth-order valence-electron chi connectivity index (χ4n) is 0.963. The van der Waals surface area contributed by atoms with Crippen molar-refractivity contribution in [2.45, 2.75) is 26.4 Å². The Labute approximate surface area is 68.6 Å². The molecule has 0 aromatic rings. The van der Waals surface area contributed by atoms with E-state index in [1.807, 2.05) is 0 Å². The van der Waals surface area contributed by atoms with Crippen molar-refractivity contribution in [2.24, 2.45) is 0 Å². The third-order valence-electron chi connectivity index (χ3n) is 1.88. The van der Waals surface area contributed by atoms with Gasteiger partial charge in [0.05, 0.1) is 12.7 Å². The molecule has 0 aromatic carbocycles. The average molecular weight is 161 g/mol. The highest BCUT2D eigenvalue weighted by Gasteiger charge is 2.04. The smallest absolute Gasteiger partial charge is 0.0783 e. The van der Waals surface area contributed by atoms with E-state index in [2.05, 4.69) is 18.7 Å². The van der Waals surface area contributed by atoms with Crippen LogP contribution in [0.2, 0.25) is 0 Å². The van der Waals surface area contributed by atoms with Crippen LogP contribution in [-0.2, 0) is 0 Å². The minimum Gasteiger partial charge on any atom is -0.394 e. The summed E-state index contributed by atoms with van der Waals surface area (Å²) in [4.78, 5) is 2.22. The lowest BCUT2D eigenvalue weighted by atomic mass is 10.2. The molecule has 1 unspecified atom stereocenters. The lowest BCUT2D eigenvalue weighted by Gasteiger charge is -2.18. The third-order valence-corrected chi connectivity index (χ3v) is 1.88. The quantitative estimate of drug-likeness (QED) is 0.579. The molecule has 3 heteroatoms. The molecule has 2 N–H and O–H groups in total. The lowest BCUT2D eigenvalue weighted by Crippen LogP contribution is -2.28. The Kier molecular flexibility index (Phi) is 6.51. The second-order valence-corrected chi connectivity index (χ2v) is 2.65. The molecule has 11 heavy (non-hydrogen) atoms. The first-order valence-electron chi connectivity index (χ1n) is 4.25. The van der Waals surface area contributed by atoms with Gasteiger partial charge >= 0.3 is 0 Å². The maximum Gasteiger partial charge on any atom is 0.0783 e. The fourth-order valence-corrected chi connectivity index (χ4v) is 0.963. The van der Waals surface area contributed by atoms with E-state index < -0.39 is 6.10 Å². The summed E-state index contributed by atoms with van der Waals surface area (Å²) in [7, 11) is 0. The first-order chi connectivity index (χ1) is 5.24. The molecule has 0 aliphatic heterocycles. The van der Waals surface area contributed by atoms with E-state index in [-0.39, 0.29) is 6.61 Å². The number of hydrogen-bond acceptors (Lipinski definition) is 3. The van der Waals surface area contributed by atoms with E-state index in [1.165, 1.54) is 0 Å². The van der Waals surface area contributed by atoms with Crippen LogP contribution in [0, 0.1) is 0 Å². The fraction of sp³-hybridized carbons (Fsp3) is 1.00. The molecular formula is C8H19NO2. The van der Waals surface area contributed by atoms with Gasteiger partial charge in [-0.15, -0.1) is 0 Å². The molecule has 0 heterocycles. The van der Waals surface area contributed by atoms with Gasteiger partial charge in [-0.2, -0.15) is 0 Å². The molecule has 0 aromatic heterocycles. The molecule has 0 rings (SSSR count). The van der Waals surface area contributed by atoms with E-state index in [1.54, 1.807) is 0 Å². The Hall–Kier alpha value is -0.120. The average Bonchev–Trinajstić information content (AvgIpc) is 2.06. The van der Waals surface area contributed by atoms with Crippen molar-refractivity contribution in [3.63, 3.8) is 0 Å². The molecule has 0 bridgehead atoms. The normalized spacial score (nSPS) is 13.9. The summed E-state index contributed by atoms with van der Waals surface area (Å²) in [6.07, 6.45) is 0.119. The van der Waals surface area contributed by atoms with Gasteiger partial charge in [-0.1, -0.05) is 13.8 Å². The predicted octanol–water partition coefficient (Wildman–Crippen LogP) is 0.0715. The zero-order valence-electron chi connectivity index (χ0n) is 7.45. The van der Waals surface area contributed by atoms with Crippen LogP contribution in [0.25, 0.3) is 0 Å². The summed E-state index contributed by atoms with van der Waals surface area (Å²) in [6, 6.07) is 0. The summed E-state index contributed by atoms with van der Waals surface area (Å²) >= 11 is 0. The molecule has 0 aliphatic rings. The van der Waals surface area contributed by atoms with Gasteiger partial charge in [0.15, 0.2) is 0 Å². The molecule has 0 saturated heterocycles. The van der Waals surface area contributed by atoms with Crippen LogP contribution in [0.4, 0.5) is 0 Å². The van der Waals surface area contributed by atoms with Gasteiger partial charge in [0.25, 0.3) is 0 Å². The lowest BCUT2D eigenvalue weighted by molar-refractivity contribution is 0.0784. The van der Waals surface area contributed by atoms with Crippen LogP contribution in [0.5, 0.6) is 0 Å². The van der Waals surface area contributed by atoms with Crippen LogP contribution in [0.3, 0.4) is 0 Å². The van der Waals surface area contributed by atoms with E-state index >= 15 is 0 Å². The van der Waals surface area contributed by atoms with Crippen molar-refractivity contribution in [1.82, 2.24) is 4.90 Å². The van der Waals surface area contributed by atoms with Gasteiger partial charge in [-0.05, 0) is 19.5 Å². The van der Waals surface area contributed by atoms with Gasteiger partial charge < -0.3 is 15.1 Å². The molecule has 0 aliphatic carbocycles. The van der Waals surface area contributed by atoms with Crippen molar-refractivity contribution in [1.29, 1.82) is 0 Å². The van der Waals surface area contributed by atoms with Crippen LogP contribution in [0.15, 0.2) is 0 Å². The number of aliphatic hydroxyl groups excluding tert-OH is 2. The molecule has 0 amide bonds. The molecule has 1 atom stereocenters. The largest absolute Gasteiger partial charge is 0.394 e. The first-order valence-corrected chi connectivity index (χ1v) is 4.25. The molecule has 68 valence electrons. The summed E-state index contributed by atoms with van der Waals surface area (Å²) in [5.41, 5.74) is 0.